The molecule has 0 fully saturated rings. The van der Waals surface area contributed by atoms with Crippen LogP contribution in [0.4, 0.5) is 0 Å². The molecule has 3 heteroatoms. The number of thiol groups is 1. The highest BCUT2D eigenvalue weighted by atomic mass is 32.1. The van der Waals surface area contributed by atoms with Crippen molar-refractivity contribution in [3.63, 3.8) is 0 Å². The summed E-state index contributed by atoms with van der Waals surface area (Å²) in [5.74, 6) is 0.0926. The van der Waals surface area contributed by atoms with E-state index in [2.05, 4.69) is 19.2 Å². The number of hydrogen-bond acceptors (Lipinski definition) is 2. The minimum absolute atomic E-state index is 0.833. The molecule has 2 nitrogen and oxygen atoms in total. The van der Waals surface area contributed by atoms with Gasteiger partial charge >= 0.3 is 0 Å². The van der Waals surface area contributed by atoms with Gasteiger partial charge < -0.3 is 5.11 Å². The summed E-state index contributed by atoms with van der Waals surface area (Å²) in [6.45, 7) is 6.79. The van der Waals surface area contributed by atoms with Crippen LogP contribution in [0.3, 0.4) is 0 Å². The Balaban J connectivity index is 0. The van der Waals surface area contributed by atoms with E-state index in [0.29, 0.717) is 0 Å². The highest BCUT2D eigenvalue weighted by Gasteiger charge is 1.76. The van der Waals surface area contributed by atoms with Crippen molar-refractivity contribution in [2.45, 2.75) is 20.3 Å². The zero-order valence-corrected chi connectivity index (χ0v) is 7.32. The van der Waals surface area contributed by atoms with Crippen LogP contribution in [0.15, 0.2) is 12.2 Å². The predicted octanol–water partition coefficient (Wildman–Crippen LogP) is 1.97. The molecule has 0 aliphatic rings. The first-order chi connectivity index (χ1) is 4.50. The maximum atomic E-state index is 9.00. The van der Waals surface area contributed by atoms with Crippen LogP contribution < -0.4 is 0 Å². The molecule has 0 aliphatic carbocycles. The SMILES string of the molecule is C=C(C)CCS.CC(=O)O. The summed E-state index contributed by atoms with van der Waals surface area (Å²) >= 11 is 4.00. The molecule has 1 N–H and O–H groups in total. The molecule has 0 heterocycles. The lowest BCUT2D eigenvalue weighted by Gasteiger charge is -1.86. The van der Waals surface area contributed by atoms with Crippen molar-refractivity contribution in [1.82, 2.24) is 0 Å². The van der Waals surface area contributed by atoms with E-state index in [4.69, 9.17) is 9.90 Å². The molecule has 0 saturated heterocycles. The van der Waals surface area contributed by atoms with Gasteiger partial charge in [0.1, 0.15) is 0 Å². The fourth-order valence-electron chi connectivity index (χ4n) is 0.191. The van der Waals surface area contributed by atoms with Gasteiger partial charge in [-0.05, 0) is 19.1 Å². The van der Waals surface area contributed by atoms with Crippen molar-refractivity contribution >= 4 is 18.6 Å². The average Bonchev–Trinajstić information content (AvgIpc) is 1.62. The van der Waals surface area contributed by atoms with Gasteiger partial charge in [0, 0.05) is 6.92 Å². The van der Waals surface area contributed by atoms with Gasteiger partial charge in [-0.2, -0.15) is 12.6 Å². The fraction of sp³-hybridized carbons (Fsp3) is 0.571. The maximum absolute atomic E-state index is 9.00. The molecule has 0 atom stereocenters. The van der Waals surface area contributed by atoms with E-state index in [1.807, 2.05) is 6.92 Å². The van der Waals surface area contributed by atoms with Crippen LogP contribution in [-0.4, -0.2) is 16.8 Å². The molecule has 0 rings (SSSR count). The van der Waals surface area contributed by atoms with Gasteiger partial charge in [0.15, 0.2) is 0 Å². The Hall–Kier alpha value is -0.440. The summed E-state index contributed by atoms with van der Waals surface area (Å²) < 4.78 is 0. The van der Waals surface area contributed by atoms with E-state index < -0.39 is 5.97 Å². The lowest BCUT2D eigenvalue weighted by Crippen LogP contribution is -1.78. The van der Waals surface area contributed by atoms with Gasteiger partial charge in [-0.1, -0.05) is 5.57 Å². The first kappa shape index (κ1) is 12.3. The standard InChI is InChI=1S/C5H10S.C2H4O2/c1-5(2)3-4-6;1-2(3)4/h6H,1,3-4H2,2H3;1H3,(H,3,4). The monoisotopic (exact) mass is 162 g/mol. The summed E-state index contributed by atoms with van der Waals surface area (Å²) in [4.78, 5) is 9.00. The molecule has 10 heavy (non-hydrogen) atoms. The second kappa shape index (κ2) is 8.56. The Kier molecular flexibility index (Phi) is 10.5. The first-order valence-electron chi connectivity index (χ1n) is 2.95. The lowest BCUT2D eigenvalue weighted by atomic mass is 10.3. The summed E-state index contributed by atoms with van der Waals surface area (Å²) in [5.41, 5.74) is 1.21. The molecule has 0 aromatic rings. The zero-order chi connectivity index (χ0) is 8.57. The van der Waals surface area contributed by atoms with E-state index in [1.54, 1.807) is 0 Å². The average molecular weight is 162 g/mol. The predicted molar refractivity (Wildman–Crippen MR) is 46.6 cm³/mol. The zero-order valence-electron chi connectivity index (χ0n) is 6.42. The smallest absolute Gasteiger partial charge is 0.300 e. The van der Waals surface area contributed by atoms with Gasteiger partial charge in [-0.25, -0.2) is 0 Å². The molecule has 0 amide bonds. The number of aliphatic carboxylic acids is 1. The van der Waals surface area contributed by atoms with E-state index in [1.165, 1.54) is 5.57 Å². The van der Waals surface area contributed by atoms with Crippen molar-refractivity contribution in [2.75, 3.05) is 5.75 Å². The molecule has 0 aliphatic heterocycles. The Morgan fingerprint density at radius 1 is 1.60 bits per heavy atom. The maximum Gasteiger partial charge on any atom is 0.300 e. The van der Waals surface area contributed by atoms with Gasteiger partial charge in [0.05, 0.1) is 0 Å². The van der Waals surface area contributed by atoms with Crippen LogP contribution >= 0.6 is 12.6 Å². The van der Waals surface area contributed by atoms with Crippen LogP contribution in [-0.2, 0) is 4.79 Å². The number of carboxylic acids is 1. The van der Waals surface area contributed by atoms with Crippen LogP contribution in [0, 0.1) is 0 Å². The van der Waals surface area contributed by atoms with Crippen molar-refractivity contribution in [3.8, 4) is 0 Å². The van der Waals surface area contributed by atoms with Crippen LogP contribution in [0.5, 0.6) is 0 Å². The van der Waals surface area contributed by atoms with Crippen molar-refractivity contribution < 1.29 is 9.90 Å². The molecule has 0 radical (unpaired) electrons. The molecule has 0 bridgehead atoms. The first-order valence-corrected chi connectivity index (χ1v) is 3.58. The minimum atomic E-state index is -0.833. The molecule has 0 spiro atoms. The van der Waals surface area contributed by atoms with E-state index in [-0.39, 0.29) is 0 Å². The molecular formula is C7H14O2S. The second-order valence-corrected chi connectivity index (χ2v) is 2.40. The third-order valence-corrected chi connectivity index (χ3v) is 0.762. The fourth-order valence-corrected chi connectivity index (χ4v) is 0.573. The topological polar surface area (TPSA) is 37.3 Å². The molecule has 0 unspecified atom stereocenters. The Labute approximate surface area is 67.4 Å². The van der Waals surface area contributed by atoms with Crippen molar-refractivity contribution in [2.24, 2.45) is 0 Å². The number of rotatable bonds is 2. The molecule has 0 aromatic heterocycles. The summed E-state index contributed by atoms with van der Waals surface area (Å²) in [6.07, 6.45) is 1.04. The van der Waals surface area contributed by atoms with E-state index >= 15 is 0 Å². The van der Waals surface area contributed by atoms with Gasteiger partial charge in [-0.3, -0.25) is 4.79 Å². The summed E-state index contributed by atoms with van der Waals surface area (Å²) in [5, 5.41) is 7.42. The van der Waals surface area contributed by atoms with E-state index in [9.17, 15) is 0 Å². The molecule has 60 valence electrons. The lowest BCUT2D eigenvalue weighted by molar-refractivity contribution is -0.134. The van der Waals surface area contributed by atoms with Crippen LogP contribution in [0.2, 0.25) is 0 Å². The normalized spacial score (nSPS) is 7.50. The minimum Gasteiger partial charge on any atom is -0.481 e. The van der Waals surface area contributed by atoms with Gasteiger partial charge in [0.25, 0.3) is 5.97 Å². The summed E-state index contributed by atoms with van der Waals surface area (Å²) in [6, 6.07) is 0. The van der Waals surface area contributed by atoms with E-state index in [0.717, 1.165) is 19.1 Å². The highest BCUT2D eigenvalue weighted by molar-refractivity contribution is 7.80. The quantitative estimate of drug-likeness (QED) is 0.481. The number of carboxylic acid groups (broad SMARTS) is 1. The number of carbonyl (C=O) groups is 1. The second-order valence-electron chi connectivity index (χ2n) is 1.95. The molecular weight excluding hydrogens is 148 g/mol. The Morgan fingerprint density at radius 3 is 1.90 bits per heavy atom. The summed E-state index contributed by atoms with van der Waals surface area (Å²) in [7, 11) is 0. The van der Waals surface area contributed by atoms with Gasteiger partial charge in [0.2, 0.25) is 0 Å². The Bertz CT molecular complexity index is 106. The third-order valence-electron chi connectivity index (χ3n) is 0.539. The number of hydrogen-bond donors (Lipinski definition) is 2. The molecule has 0 aromatic carbocycles. The Morgan fingerprint density at radius 2 is 1.90 bits per heavy atom. The molecule has 0 saturated carbocycles. The van der Waals surface area contributed by atoms with Crippen LogP contribution in [0.25, 0.3) is 0 Å². The largest absolute Gasteiger partial charge is 0.481 e. The highest BCUT2D eigenvalue weighted by Crippen LogP contribution is 1.94. The number of allylic oxidation sites excluding steroid dienone is 1. The van der Waals surface area contributed by atoms with Gasteiger partial charge in [-0.15, -0.1) is 6.58 Å². The van der Waals surface area contributed by atoms with Crippen molar-refractivity contribution in [3.05, 3.63) is 12.2 Å². The van der Waals surface area contributed by atoms with Crippen molar-refractivity contribution in [1.29, 1.82) is 0 Å². The third kappa shape index (κ3) is 49.6. The van der Waals surface area contributed by atoms with Crippen LogP contribution in [0.1, 0.15) is 20.3 Å².